The molecule has 4 aromatic carbocycles. The lowest BCUT2D eigenvalue weighted by atomic mass is 9.86. The molecule has 0 saturated heterocycles. The topological polar surface area (TPSA) is 34.1 Å². The van der Waals surface area contributed by atoms with E-state index in [0.29, 0.717) is 21.2 Å². The quantitative estimate of drug-likeness (QED) is 0.206. The second-order valence-electron chi connectivity index (χ2n) is 13.4. The Morgan fingerprint density at radius 1 is 0.405 bits per heavy atom. The van der Waals surface area contributed by atoms with Gasteiger partial charge in [-0.05, 0) is 67.1 Å². The molecule has 0 aromatic heterocycles. The molecule has 2 aliphatic rings. The van der Waals surface area contributed by atoms with E-state index >= 15 is 0 Å². The van der Waals surface area contributed by atoms with Gasteiger partial charge in [0.15, 0.2) is 10.9 Å². The van der Waals surface area contributed by atoms with Crippen molar-refractivity contribution in [3.8, 4) is 0 Å². The molecule has 2 nitrogen and oxygen atoms in total. The molecule has 0 atom stereocenters. The number of hydrogen-bond acceptors (Lipinski definition) is 2. The van der Waals surface area contributed by atoms with Crippen molar-refractivity contribution in [1.29, 1.82) is 0 Å². The number of hydrogen-bond donors (Lipinski definition) is 0. The molecule has 0 fully saturated rings. The first-order chi connectivity index (χ1) is 19.9. The Morgan fingerprint density at radius 2 is 0.714 bits per heavy atom. The van der Waals surface area contributed by atoms with Gasteiger partial charge in [-0.15, -0.1) is 0 Å². The Balaban J connectivity index is 1.32. The minimum atomic E-state index is -0.0703. The Kier molecular flexibility index (Phi) is 6.61. The van der Waals surface area contributed by atoms with Crippen molar-refractivity contribution < 1.29 is 0 Å². The Labute approximate surface area is 247 Å². The summed E-state index contributed by atoms with van der Waals surface area (Å²) in [5.74, 6) is 0. The molecule has 0 saturated carbocycles. The summed E-state index contributed by atoms with van der Waals surface area (Å²) in [5.41, 5.74) is 6.76. The minimum Gasteiger partial charge on any atom is -0.289 e. The molecule has 4 aromatic rings. The van der Waals surface area contributed by atoms with Crippen LogP contribution in [0.4, 0.5) is 0 Å². The maximum absolute atomic E-state index is 13.6. The van der Waals surface area contributed by atoms with E-state index < -0.39 is 0 Å². The van der Waals surface area contributed by atoms with Crippen LogP contribution in [0.5, 0.6) is 0 Å². The zero-order valence-corrected chi connectivity index (χ0v) is 25.2. The van der Waals surface area contributed by atoms with Crippen LogP contribution in [-0.4, -0.2) is 0 Å². The summed E-state index contributed by atoms with van der Waals surface area (Å²) in [6.45, 7) is 13.2. The second kappa shape index (κ2) is 10.1. The van der Waals surface area contributed by atoms with Crippen molar-refractivity contribution in [3.05, 3.63) is 149 Å². The van der Waals surface area contributed by atoms with Gasteiger partial charge in [-0.3, -0.25) is 9.59 Å². The molecule has 2 aliphatic carbocycles. The fourth-order valence-electron chi connectivity index (χ4n) is 5.73. The van der Waals surface area contributed by atoms with Crippen molar-refractivity contribution in [2.45, 2.75) is 52.4 Å². The lowest BCUT2D eigenvalue weighted by Gasteiger charge is -2.18. The van der Waals surface area contributed by atoms with Crippen LogP contribution in [0.1, 0.15) is 74.9 Å². The van der Waals surface area contributed by atoms with Crippen LogP contribution in [-0.2, 0) is 10.8 Å². The first kappa shape index (κ1) is 27.6. The minimum absolute atomic E-state index is 0.0703. The highest BCUT2D eigenvalue weighted by molar-refractivity contribution is 5.96. The van der Waals surface area contributed by atoms with Crippen LogP contribution in [0.15, 0.2) is 94.5 Å². The third-order valence-electron chi connectivity index (χ3n) is 8.31. The summed E-state index contributed by atoms with van der Waals surface area (Å²) in [6.07, 6.45) is 8.16. The lowest BCUT2D eigenvalue weighted by molar-refractivity contribution is 0.590. The highest BCUT2D eigenvalue weighted by Gasteiger charge is 2.17. The molecule has 0 aliphatic heterocycles. The fourth-order valence-corrected chi connectivity index (χ4v) is 5.73. The van der Waals surface area contributed by atoms with E-state index in [1.54, 1.807) is 0 Å². The van der Waals surface area contributed by atoms with Crippen LogP contribution in [0, 0.1) is 10.4 Å². The van der Waals surface area contributed by atoms with E-state index in [1.165, 1.54) is 11.1 Å². The fraction of sp³-hybridized carbons (Fsp3) is 0.200. The van der Waals surface area contributed by atoms with Gasteiger partial charge in [-0.1, -0.05) is 139 Å². The van der Waals surface area contributed by atoms with E-state index in [-0.39, 0.29) is 21.7 Å². The van der Waals surface area contributed by atoms with Crippen LogP contribution in [0.25, 0.3) is 45.8 Å². The first-order valence-electron chi connectivity index (χ1n) is 14.6. The third-order valence-corrected chi connectivity index (χ3v) is 8.31. The van der Waals surface area contributed by atoms with Gasteiger partial charge < -0.3 is 0 Å². The molecule has 0 amide bonds. The van der Waals surface area contributed by atoms with Crippen molar-refractivity contribution >= 4 is 45.8 Å². The maximum atomic E-state index is 13.6. The van der Waals surface area contributed by atoms with Crippen molar-refractivity contribution in [2.24, 2.45) is 0 Å². The maximum Gasteiger partial charge on any atom is 0.195 e. The first-order valence-corrected chi connectivity index (χ1v) is 14.6. The van der Waals surface area contributed by atoms with Gasteiger partial charge in [0.1, 0.15) is 0 Å². The van der Waals surface area contributed by atoms with E-state index in [4.69, 9.17) is 0 Å². The summed E-state index contributed by atoms with van der Waals surface area (Å²) in [6, 6.07) is 28.7. The predicted molar refractivity (Wildman–Crippen MR) is 180 cm³/mol. The van der Waals surface area contributed by atoms with Gasteiger partial charge in [-0.25, -0.2) is 0 Å². The third kappa shape index (κ3) is 5.03. The number of rotatable bonds is 4. The molecular weight excluding hydrogens is 512 g/mol. The average Bonchev–Trinajstić information content (AvgIpc) is 3.41. The van der Waals surface area contributed by atoms with Gasteiger partial charge >= 0.3 is 0 Å². The monoisotopic (exact) mass is 548 g/mol. The Bertz CT molecular complexity index is 1990. The molecular formula is C40H36O2. The SMILES string of the molecule is CC(C)(C)c1ccc(/C=C/c2ccc3c4c(=O)c5cc(/C=C/c6ccc(C(C)(C)C)cc6)ccc5c=4c(=O)c3c2)cc1. The average molecular weight is 549 g/mol. The normalized spacial score (nSPS) is 13.0. The number of benzene rings is 4. The molecule has 42 heavy (non-hydrogen) atoms. The summed E-state index contributed by atoms with van der Waals surface area (Å²) in [7, 11) is 0. The molecule has 2 heteroatoms. The van der Waals surface area contributed by atoms with Gasteiger partial charge in [0.2, 0.25) is 0 Å². The highest BCUT2D eigenvalue weighted by atomic mass is 16.1. The van der Waals surface area contributed by atoms with Gasteiger partial charge in [0, 0.05) is 21.2 Å². The zero-order chi connectivity index (χ0) is 29.8. The predicted octanol–water partition coefficient (Wildman–Crippen LogP) is 9.25. The van der Waals surface area contributed by atoms with E-state index in [9.17, 15) is 9.59 Å². The smallest absolute Gasteiger partial charge is 0.195 e. The molecule has 208 valence electrons. The van der Waals surface area contributed by atoms with E-state index in [1.807, 2.05) is 48.6 Å². The van der Waals surface area contributed by atoms with E-state index in [2.05, 4.69) is 102 Å². The molecule has 0 N–H and O–H groups in total. The van der Waals surface area contributed by atoms with Crippen molar-refractivity contribution in [1.82, 2.24) is 0 Å². The second-order valence-corrected chi connectivity index (χ2v) is 13.4. The Hall–Kier alpha value is -4.56. The van der Waals surface area contributed by atoms with Gasteiger partial charge in [0.25, 0.3) is 0 Å². The van der Waals surface area contributed by atoms with Crippen molar-refractivity contribution in [3.63, 3.8) is 0 Å². The van der Waals surface area contributed by atoms with Crippen LogP contribution < -0.4 is 10.9 Å². The van der Waals surface area contributed by atoms with Crippen LogP contribution >= 0.6 is 0 Å². The summed E-state index contributed by atoms with van der Waals surface area (Å²) in [5, 5.41) is 3.76. The zero-order valence-electron chi connectivity index (χ0n) is 25.2. The lowest BCUT2D eigenvalue weighted by Crippen LogP contribution is -2.10. The number of fused-ring (bicyclic) bond motifs is 4. The van der Waals surface area contributed by atoms with Crippen LogP contribution in [0.3, 0.4) is 0 Å². The highest BCUT2D eigenvalue weighted by Crippen LogP contribution is 2.26. The summed E-state index contributed by atoms with van der Waals surface area (Å²) in [4.78, 5) is 27.2. The van der Waals surface area contributed by atoms with Gasteiger partial charge in [-0.2, -0.15) is 0 Å². The van der Waals surface area contributed by atoms with E-state index in [0.717, 1.165) is 33.0 Å². The van der Waals surface area contributed by atoms with Crippen molar-refractivity contribution in [2.75, 3.05) is 0 Å². The molecule has 0 unspecified atom stereocenters. The largest absolute Gasteiger partial charge is 0.289 e. The summed E-state index contributed by atoms with van der Waals surface area (Å²) >= 11 is 0. The van der Waals surface area contributed by atoms with Gasteiger partial charge in [0.05, 0.1) is 0 Å². The molecule has 0 bridgehead atoms. The standard InChI is InChI=1S/C40H36O2/c1-39(2,3)29-17-11-25(12-18-29)7-9-27-15-21-31-33(23-27)37(41)36-32-22-16-28(24-34(32)38(42)35(31)36)10-8-26-13-19-30(20-14-26)40(4,5)6/h7-24H,1-6H3/b9-7+,10-8+. The molecule has 6 rings (SSSR count). The summed E-state index contributed by atoms with van der Waals surface area (Å²) < 4.78 is 0. The van der Waals surface area contributed by atoms with Crippen LogP contribution in [0.2, 0.25) is 0 Å². The molecule has 0 radical (unpaired) electrons. The molecule has 0 spiro atoms. The Morgan fingerprint density at radius 3 is 1.05 bits per heavy atom. The molecule has 0 heterocycles.